The number of thiazole rings is 1. The zero-order valence-corrected chi connectivity index (χ0v) is 17.9. The zero-order chi connectivity index (χ0) is 22.6. The molecule has 0 N–H and O–H groups in total. The van der Waals surface area contributed by atoms with Crippen LogP contribution in [0.3, 0.4) is 0 Å². The molecule has 1 fully saturated rings. The van der Waals surface area contributed by atoms with E-state index in [-0.39, 0.29) is 12.2 Å². The molecule has 0 spiro atoms. The highest BCUT2D eigenvalue weighted by atomic mass is 32.1. The minimum absolute atomic E-state index is 0.0803. The monoisotopic (exact) mass is 453 g/mol. The lowest BCUT2D eigenvalue weighted by Crippen LogP contribution is -2.52. The van der Waals surface area contributed by atoms with Gasteiger partial charge >= 0.3 is 6.18 Å². The molecule has 0 bridgehead atoms. The average Bonchev–Trinajstić information content (AvgIpc) is 3.22. The maximum absolute atomic E-state index is 13.4. The fraction of sp³-hybridized carbons (Fsp3) is 0.429. The highest BCUT2D eigenvalue weighted by Gasteiger charge is 2.37. The van der Waals surface area contributed by atoms with Crippen molar-refractivity contribution in [1.82, 2.24) is 9.88 Å². The maximum Gasteiger partial charge on any atom is 0.401 e. The molecule has 1 aromatic carbocycles. The predicted molar refractivity (Wildman–Crippen MR) is 112 cm³/mol. The molecule has 0 radical (unpaired) electrons. The van der Waals surface area contributed by atoms with Crippen LogP contribution in [0.25, 0.3) is 0 Å². The molecular formula is C21H22F3N3O3S. The molecular weight excluding hydrogens is 431 g/mol. The molecule has 1 aromatic heterocycles. The molecule has 166 valence electrons. The van der Waals surface area contributed by atoms with Crippen molar-refractivity contribution in [3.63, 3.8) is 0 Å². The molecule has 2 aromatic rings. The second-order valence-electron chi connectivity index (χ2n) is 7.07. The topological polar surface area (TPSA) is 54.9 Å². The Bertz CT molecular complexity index is 949. The molecule has 3 rings (SSSR count). The Balaban J connectivity index is 2.00. The van der Waals surface area contributed by atoms with Crippen molar-refractivity contribution in [2.75, 3.05) is 38.8 Å². The summed E-state index contributed by atoms with van der Waals surface area (Å²) in [7, 11) is 2.96. The molecule has 0 saturated carbocycles. The number of carbonyl (C=O) groups is 1. The number of alkyl halides is 3. The summed E-state index contributed by atoms with van der Waals surface area (Å²) in [6.45, 7) is -0.626. The summed E-state index contributed by atoms with van der Waals surface area (Å²) in [6.07, 6.45) is 2.13. The molecule has 10 heteroatoms. The van der Waals surface area contributed by atoms with Gasteiger partial charge in [-0.3, -0.25) is 9.69 Å². The molecule has 31 heavy (non-hydrogen) atoms. The highest BCUT2D eigenvalue weighted by molar-refractivity contribution is 7.10. The Hall–Kier alpha value is -2.77. The molecule has 1 amide bonds. The second-order valence-corrected chi connectivity index (χ2v) is 7.93. The van der Waals surface area contributed by atoms with E-state index in [1.54, 1.807) is 23.6 Å². The summed E-state index contributed by atoms with van der Waals surface area (Å²) in [4.78, 5) is 20.4. The van der Waals surface area contributed by atoms with E-state index in [9.17, 15) is 18.0 Å². The molecule has 1 aliphatic heterocycles. The standard InChI is InChI=1S/C21H22F3N3O3S/c1-4-19-25-18(12-31-19)20(28)27(15-8-16(29-2)10-17(9-15)30-3)14-6-5-7-26(11-14)13-21(22,23)24/h1,8-10,12,14H,5-7,11,13H2,2-3H3. The zero-order valence-electron chi connectivity index (χ0n) is 17.1. The van der Waals surface area contributed by atoms with Crippen LogP contribution in [0.15, 0.2) is 23.6 Å². The van der Waals surface area contributed by atoms with E-state index in [1.807, 2.05) is 0 Å². The number of anilines is 1. The molecule has 1 aliphatic rings. The SMILES string of the molecule is C#Cc1nc(C(=O)N(c2cc(OC)cc(OC)c2)C2CCCN(CC(F)(F)F)C2)cs1. The smallest absolute Gasteiger partial charge is 0.401 e. The first-order valence-electron chi connectivity index (χ1n) is 9.52. The fourth-order valence-corrected chi connectivity index (χ4v) is 4.22. The van der Waals surface area contributed by atoms with Crippen molar-refractivity contribution in [2.45, 2.75) is 25.1 Å². The minimum Gasteiger partial charge on any atom is -0.497 e. The van der Waals surface area contributed by atoms with Gasteiger partial charge in [-0.2, -0.15) is 13.2 Å². The molecule has 1 atom stereocenters. The third kappa shape index (κ3) is 5.68. The van der Waals surface area contributed by atoms with Crippen molar-refractivity contribution >= 4 is 22.9 Å². The number of methoxy groups -OCH3 is 2. The Labute approximate surface area is 182 Å². The lowest BCUT2D eigenvalue weighted by molar-refractivity contribution is -0.148. The minimum atomic E-state index is -4.31. The van der Waals surface area contributed by atoms with Crippen LogP contribution < -0.4 is 14.4 Å². The number of likely N-dealkylation sites (tertiary alicyclic amines) is 1. The molecule has 0 aliphatic carbocycles. The number of ether oxygens (including phenoxy) is 2. The Morgan fingerprint density at radius 2 is 2.00 bits per heavy atom. The largest absolute Gasteiger partial charge is 0.497 e. The third-order valence-corrected chi connectivity index (χ3v) is 5.70. The van der Waals surface area contributed by atoms with E-state index in [0.717, 1.165) is 11.3 Å². The van der Waals surface area contributed by atoms with Gasteiger partial charge in [0.15, 0.2) is 5.01 Å². The van der Waals surface area contributed by atoms with Crippen molar-refractivity contribution in [3.8, 4) is 23.8 Å². The van der Waals surface area contributed by atoms with Crippen molar-refractivity contribution in [1.29, 1.82) is 0 Å². The lowest BCUT2D eigenvalue weighted by atomic mass is 10.0. The number of piperidine rings is 1. The Kier molecular flexibility index (Phi) is 7.08. The Morgan fingerprint density at radius 3 is 2.55 bits per heavy atom. The van der Waals surface area contributed by atoms with Gasteiger partial charge in [0, 0.05) is 30.1 Å². The quantitative estimate of drug-likeness (QED) is 0.623. The van der Waals surface area contributed by atoms with Crippen LogP contribution in [0.1, 0.15) is 28.3 Å². The number of halogens is 3. The number of benzene rings is 1. The van der Waals surface area contributed by atoms with E-state index < -0.39 is 24.7 Å². The summed E-state index contributed by atoms with van der Waals surface area (Å²) in [5, 5.41) is 1.91. The maximum atomic E-state index is 13.4. The van der Waals surface area contributed by atoms with Crippen molar-refractivity contribution in [3.05, 3.63) is 34.3 Å². The van der Waals surface area contributed by atoms with Gasteiger partial charge in [0.2, 0.25) is 0 Å². The van der Waals surface area contributed by atoms with Gasteiger partial charge in [0.1, 0.15) is 17.2 Å². The van der Waals surface area contributed by atoms with E-state index in [0.29, 0.717) is 41.6 Å². The van der Waals surface area contributed by atoms with E-state index in [2.05, 4.69) is 10.9 Å². The average molecular weight is 453 g/mol. The molecule has 1 saturated heterocycles. The number of hydrogen-bond donors (Lipinski definition) is 0. The van der Waals surface area contributed by atoms with Gasteiger partial charge in [-0.1, -0.05) is 0 Å². The van der Waals surface area contributed by atoms with Crippen LogP contribution in [0.2, 0.25) is 0 Å². The van der Waals surface area contributed by atoms with Crippen LogP contribution in [-0.4, -0.2) is 61.9 Å². The first-order chi connectivity index (χ1) is 14.7. The second kappa shape index (κ2) is 9.58. The van der Waals surface area contributed by atoms with Gasteiger partial charge in [-0.05, 0) is 25.3 Å². The molecule has 2 heterocycles. The number of carbonyl (C=O) groups excluding carboxylic acids is 1. The van der Waals surface area contributed by atoms with E-state index in [4.69, 9.17) is 15.9 Å². The summed E-state index contributed by atoms with van der Waals surface area (Å²) in [5.74, 6) is 2.87. The van der Waals surface area contributed by atoms with Crippen LogP contribution in [0.4, 0.5) is 18.9 Å². The highest BCUT2D eigenvalue weighted by Crippen LogP contribution is 2.33. The number of aromatic nitrogens is 1. The van der Waals surface area contributed by atoms with Gasteiger partial charge in [0.25, 0.3) is 5.91 Å². The van der Waals surface area contributed by atoms with Gasteiger partial charge in [-0.15, -0.1) is 17.8 Å². The van der Waals surface area contributed by atoms with Crippen molar-refractivity contribution in [2.24, 2.45) is 0 Å². The van der Waals surface area contributed by atoms with Gasteiger partial charge < -0.3 is 14.4 Å². The number of rotatable bonds is 6. The van der Waals surface area contributed by atoms with Crippen LogP contribution in [-0.2, 0) is 0 Å². The van der Waals surface area contributed by atoms with Crippen LogP contribution in [0.5, 0.6) is 11.5 Å². The number of amides is 1. The number of terminal acetylenes is 1. The van der Waals surface area contributed by atoms with Crippen molar-refractivity contribution < 1.29 is 27.4 Å². The Morgan fingerprint density at radius 1 is 1.32 bits per heavy atom. The van der Waals surface area contributed by atoms with E-state index >= 15 is 0 Å². The summed E-state index contributed by atoms with van der Waals surface area (Å²) >= 11 is 1.16. The van der Waals surface area contributed by atoms with Crippen LogP contribution in [0, 0.1) is 12.3 Å². The summed E-state index contributed by atoms with van der Waals surface area (Å²) in [6, 6.07) is 4.47. The van der Waals surface area contributed by atoms with Crippen LogP contribution >= 0.6 is 11.3 Å². The first-order valence-corrected chi connectivity index (χ1v) is 10.4. The fourth-order valence-electron chi connectivity index (χ4n) is 3.63. The molecule has 6 nitrogen and oxygen atoms in total. The van der Waals surface area contributed by atoms with E-state index in [1.165, 1.54) is 24.0 Å². The number of nitrogens with zero attached hydrogens (tertiary/aromatic N) is 3. The number of hydrogen-bond acceptors (Lipinski definition) is 6. The normalized spacial score (nSPS) is 17.1. The van der Waals surface area contributed by atoms with Gasteiger partial charge in [0.05, 0.1) is 32.5 Å². The van der Waals surface area contributed by atoms with Gasteiger partial charge in [-0.25, -0.2) is 4.98 Å². The first kappa shape index (κ1) is 22.9. The summed E-state index contributed by atoms with van der Waals surface area (Å²) in [5.41, 5.74) is 0.600. The lowest BCUT2D eigenvalue weighted by Gasteiger charge is -2.39. The predicted octanol–water partition coefficient (Wildman–Crippen LogP) is 3.82. The summed E-state index contributed by atoms with van der Waals surface area (Å²) < 4.78 is 49.5. The third-order valence-electron chi connectivity index (χ3n) is 4.93. The molecule has 1 unspecified atom stereocenters.